The van der Waals surface area contributed by atoms with Crippen LogP contribution in [0, 0.1) is 58.2 Å². The summed E-state index contributed by atoms with van der Waals surface area (Å²) in [4.78, 5) is 13.2. The lowest BCUT2D eigenvalue weighted by molar-refractivity contribution is -0.149. The van der Waals surface area contributed by atoms with Crippen LogP contribution in [0.2, 0.25) is 0 Å². The molecular formula is C29H50O5. The fourth-order valence-electron chi connectivity index (χ4n) is 9.46. The van der Waals surface area contributed by atoms with Crippen LogP contribution in [0.15, 0.2) is 0 Å². The van der Waals surface area contributed by atoms with Crippen LogP contribution in [0.25, 0.3) is 0 Å². The van der Waals surface area contributed by atoms with Crippen molar-refractivity contribution in [3.8, 4) is 0 Å². The number of fused-ring (bicyclic) bond motifs is 5. The van der Waals surface area contributed by atoms with E-state index in [1.807, 2.05) is 6.92 Å². The zero-order valence-corrected chi connectivity index (χ0v) is 22.3. The van der Waals surface area contributed by atoms with Crippen LogP contribution in [0.1, 0.15) is 92.9 Å². The van der Waals surface area contributed by atoms with Gasteiger partial charge >= 0.3 is 0 Å². The Labute approximate surface area is 206 Å². The van der Waals surface area contributed by atoms with Gasteiger partial charge in [-0.2, -0.15) is 0 Å². The number of aliphatic hydroxyl groups is 4. The second-order valence-corrected chi connectivity index (χ2v) is 13.7. The Hall–Kier alpha value is -0.490. The predicted octanol–water partition coefficient (Wildman–Crippen LogP) is 4.20. The number of ketones is 1. The molecule has 4 rings (SSSR count). The Morgan fingerprint density at radius 1 is 0.853 bits per heavy atom. The molecule has 0 saturated heterocycles. The van der Waals surface area contributed by atoms with Crippen LogP contribution in [-0.2, 0) is 4.79 Å². The van der Waals surface area contributed by atoms with Crippen molar-refractivity contribution in [3.05, 3.63) is 0 Å². The minimum Gasteiger partial charge on any atom is -0.390 e. The molecule has 0 radical (unpaired) electrons. The molecule has 4 aliphatic carbocycles. The third-order valence-electron chi connectivity index (χ3n) is 12.0. The van der Waals surface area contributed by atoms with E-state index in [4.69, 9.17) is 0 Å². The first kappa shape index (κ1) is 26.6. The van der Waals surface area contributed by atoms with Gasteiger partial charge in [-0.25, -0.2) is 0 Å². The third-order valence-corrected chi connectivity index (χ3v) is 12.0. The topological polar surface area (TPSA) is 98.0 Å². The van der Waals surface area contributed by atoms with Crippen LogP contribution in [0.3, 0.4) is 0 Å². The Balaban J connectivity index is 1.58. The molecule has 0 aromatic carbocycles. The fourth-order valence-corrected chi connectivity index (χ4v) is 9.46. The van der Waals surface area contributed by atoms with E-state index in [-0.39, 0.29) is 34.4 Å². The molecule has 13 atom stereocenters. The van der Waals surface area contributed by atoms with Crippen LogP contribution in [0.4, 0.5) is 0 Å². The van der Waals surface area contributed by atoms with Crippen molar-refractivity contribution < 1.29 is 25.2 Å². The minimum atomic E-state index is -0.787. The van der Waals surface area contributed by atoms with Crippen LogP contribution >= 0.6 is 0 Å². The number of Topliss-reactive ketones (excluding diaryl/α,β-unsaturated/α-hetero) is 1. The molecule has 0 aromatic heterocycles. The van der Waals surface area contributed by atoms with Crippen molar-refractivity contribution >= 4 is 5.78 Å². The maximum absolute atomic E-state index is 13.2. The summed E-state index contributed by atoms with van der Waals surface area (Å²) in [5.41, 5.74) is -0.140. The van der Waals surface area contributed by atoms with Gasteiger partial charge in [0.05, 0.1) is 24.4 Å². The zero-order chi connectivity index (χ0) is 25.2. The molecule has 0 bridgehead atoms. The minimum absolute atomic E-state index is 0.0325. The number of carbonyl (C=O) groups is 1. The van der Waals surface area contributed by atoms with Gasteiger partial charge in [-0.05, 0) is 97.2 Å². The van der Waals surface area contributed by atoms with Gasteiger partial charge in [0.2, 0.25) is 0 Å². The highest BCUT2D eigenvalue weighted by Crippen LogP contribution is 2.67. The van der Waals surface area contributed by atoms with E-state index in [2.05, 4.69) is 34.6 Å². The first-order valence-electron chi connectivity index (χ1n) is 14.1. The van der Waals surface area contributed by atoms with Gasteiger partial charge in [0.1, 0.15) is 5.78 Å². The fraction of sp³-hybridized carbons (Fsp3) is 0.966. The van der Waals surface area contributed by atoms with Crippen molar-refractivity contribution in [2.75, 3.05) is 0 Å². The predicted molar refractivity (Wildman–Crippen MR) is 133 cm³/mol. The quantitative estimate of drug-likeness (QED) is 0.475. The molecule has 4 fully saturated rings. The van der Waals surface area contributed by atoms with Crippen molar-refractivity contribution in [3.63, 3.8) is 0 Å². The van der Waals surface area contributed by atoms with Gasteiger partial charge in [-0.1, -0.05) is 41.5 Å². The molecule has 0 amide bonds. The lowest BCUT2D eigenvalue weighted by Gasteiger charge is -2.57. The number of carbonyl (C=O) groups excluding carboxylic acids is 1. The van der Waals surface area contributed by atoms with E-state index < -0.39 is 24.4 Å². The number of hydrogen-bond acceptors (Lipinski definition) is 5. The standard InChI is InChI=1S/C29H50O5/c1-15(2)16(3)26(33)27(34)17(4)19-8-9-20-18-7-10-23(30)22-13-24(31)25(32)14-29(22,6)21(18)11-12-28(19,20)5/h15-22,24-27,31-34H,7-14H2,1-6H3/t16-,17+,18+,19-,20+,21+,22-,24+,25-,26-,27-,28-,29-/m1/s1. The summed E-state index contributed by atoms with van der Waals surface area (Å²) in [5, 5.41) is 43.0. The Morgan fingerprint density at radius 3 is 2.15 bits per heavy atom. The lowest BCUT2D eigenvalue weighted by atomic mass is 9.48. The summed E-state index contributed by atoms with van der Waals surface area (Å²) in [6.45, 7) is 13.0. The van der Waals surface area contributed by atoms with Gasteiger partial charge in [0.25, 0.3) is 0 Å². The molecule has 34 heavy (non-hydrogen) atoms. The van der Waals surface area contributed by atoms with Gasteiger partial charge in [0, 0.05) is 12.3 Å². The highest BCUT2D eigenvalue weighted by molar-refractivity contribution is 5.82. The van der Waals surface area contributed by atoms with Crippen molar-refractivity contribution in [2.45, 2.75) is 117 Å². The third kappa shape index (κ3) is 4.11. The normalized spacial score (nSPS) is 48.3. The summed E-state index contributed by atoms with van der Waals surface area (Å²) in [7, 11) is 0. The van der Waals surface area contributed by atoms with E-state index in [1.165, 1.54) is 0 Å². The maximum Gasteiger partial charge on any atom is 0.136 e. The molecule has 0 spiro atoms. The van der Waals surface area contributed by atoms with Gasteiger partial charge in [-0.3, -0.25) is 4.79 Å². The molecule has 5 nitrogen and oxygen atoms in total. The SMILES string of the molecule is CC(C)[C@@H](C)[C@@H](O)[C@H](O)[C@@H](C)[C@H]1CC[C@H]2[C@@H]3CCC(=O)[C@H]4C[C@H](O)[C@H](O)C[C@]4(C)[C@H]3CC[C@]12C. The number of hydrogen-bond donors (Lipinski definition) is 4. The summed E-state index contributed by atoms with van der Waals surface area (Å²) in [6, 6.07) is 0. The molecule has 4 saturated carbocycles. The zero-order valence-electron chi connectivity index (χ0n) is 22.3. The van der Waals surface area contributed by atoms with E-state index in [0.29, 0.717) is 48.9 Å². The molecular weight excluding hydrogens is 428 g/mol. The average molecular weight is 479 g/mol. The van der Waals surface area contributed by atoms with Crippen molar-refractivity contribution in [2.24, 2.45) is 58.2 Å². The Bertz CT molecular complexity index is 753. The number of rotatable bonds is 5. The highest BCUT2D eigenvalue weighted by atomic mass is 16.3. The van der Waals surface area contributed by atoms with E-state index in [0.717, 1.165) is 32.1 Å². The average Bonchev–Trinajstić information content (AvgIpc) is 3.09. The number of aliphatic hydroxyl groups excluding tert-OH is 4. The van der Waals surface area contributed by atoms with Gasteiger partial charge < -0.3 is 20.4 Å². The first-order chi connectivity index (χ1) is 15.8. The van der Waals surface area contributed by atoms with Crippen LogP contribution < -0.4 is 0 Å². The van der Waals surface area contributed by atoms with Crippen LogP contribution in [0.5, 0.6) is 0 Å². The molecule has 0 heterocycles. The van der Waals surface area contributed by atoms with Crippen molar-refractivity contribution in [1.82, 2.24) is 0 Å². The smallest absolute Gasteiger partial charge is 0.136 e. The van der Waals surface area contributed by atoms with E-state index in [9.17, 15) is 25.2 Å². The van der Waals surface area contributed by atoms with Crippen molar-refractivity contribution in [1.29, 1.82) is 0 Å². The lowest BCUT2D eigenvalue weighted by Crippen LogP contribution is -2.54. The summed E-state index contributed by atoms with van der Waals surface area (Å²) < 4.78 is 0. The molecule has 196 valence electrons. The second kappa shape index (κ2) is 9.43. The monoisotopic (exact) mass is 478 g/mol. The maximum atomic E-state index is 13.2. The first-order valence-corrected chi connectivity index (χ1v) is 14.1. The molecule has 0 aromatic rings. The largest absolute Gasteiger partial charge is 0.390 e. The summed E-state index contributed by atoms with van der Waals surface area (Å²) >= 11 is 0. The highest BCUT2D eigenvalue weighted by Gasteiger charge is 2.62. The van der Waals surface area contributed by atoms with E-state index >= 15 is 0 Å². The second-order valence-electron chi connectivity index (χ2n) is 13.7. The van der Waals surface area contributed by atoms with Gasteiger partial charge in [0.15, 0.2) is 0 Å². The van der Waals surface area contributed by atoms with Gasteiger partial charge in [-0.15, -0.1) is 0 Å². The molecule has 0 aliphatic heterocycles. The molecule has 4 N–H and O–H groups in total. The molecule has 0 unspecified atom stereocenters. The van der Waals surface area contributed by atoms with Crippen LogP contribution in [-0.4, -0.2) is 50.6 Å². The summed E-state index contributed by atoms with van der Waals surface area (Å²) in [5.74, 6) is 2.27. The molecule has 5 heteroatoms. The Morgan fingerprint density at radius 2 is 1.50 bits per heavy atom. The summed E-state index contributed by atoms with van der Waals surface area (Å²) in [6.07, 6.45) is 3.78. The van der Waals surface area contributed by atoms with E-state index in [1.54, 1.807) is 0 Å². The Kier molecular flexibility index (Phi) is 7.37. The molecule has 4 aliphatic rings.